The Balaban J connectivity index is 2.13. The molecular weight excluding hydrogens is 262 g/mol. The summed E-state index contributed by atoms with van der Waals surface area (Å²) >= 11 is 0. The van der Waals surface area contributed by atoms with Gasteiger partial charge in [0.1, 0.15) is 5.65 Å². The average molecular weight is 279 g/mol. The number of aromatic nitrogens is 2. The fraction of sp³-hybridized carbons (Fsp3) is 0.176. The normalized spacial score (nSPS) is 10.8. The minimum atomic E-state index is 0.0660. The molecule has 0 bridgehead atoms. The number of H-pyrrole nitrogens is 1. The number of rotatable bonds is 3. The monoisotopic (exact) mass is 279 g/mol. The van der Waals surface area contributed by atoms with Crippen LogP contribution in [0.25, 0.3) is 22.2 Å². The first kappa shape index (κ1) is 13.4. The van der Waals surface area contributed by atoms with Gasteiger partial charge in [0.15, 0.2) is 5.78 Å². The van der Waals surface area contributed by atoms with E-state index in [9.17, 15) is 4.79 Å². The van der Waals surface area contributed by atoms with Crippen molar-refractivity contribution in [3.8, 4) is 11.1 Å². The number of aromatic amines is 1. The summed E-state index contributed by atoms with van der Waals surface area (Å²) in [5, 5.41) is 1.06. The number of hydrogen-bond acceptors (Lipinski definition) is 3. The number of hydrogen-bond donors (Lipinski definition) is 1. The van der Waals surface area contributed by atoms with Gasteiger partial charge in [0, 0.05) is 48.7 Å². The van der Waals surface area contributed by atoms with E-state index >= 15 is 0 Å². The zero-order valence-electron chi connectivity index (χ0n) is 12.3. The standard InChI is InChI=1S/C17H17N3O/c1-11(21)15-9-12(4-5-16(15)20(2)3)14-8-13-6-7-18-17(13)19-10-14/h4-10H,1-3H3,(H,18,19). The molecule has 2 aromatic heterocycles. The van der Waals surface area contributed by atoms with Crippen LogP contribution in [0.15, 0.2) is 42.7 Å². The van der Waals surface area contributed by atoms with E-state index in [2.05, 4.69) is 16.0 Å². The van der Waals surface area contributed by atoms with Crippen LogP contribution in [0.2, 0.25) is 0 Å². The predicted molar refractivity (Wildman–Crippen MR) is 85.9 cm³/mol. The molecule has 3 aromatic rings. The number of carbonyl (C=O) groups is 1. The summed E-state index contributed by atoms with van der Waals surface area (Å²) in [6.45, 7) is 1.60. The van der Waals surface area contributed by atoms with Gasteiger partial charge in [0.2, 0.25) is 0 Å². The van der Waals surface area contributed by atoms with Crippen molar-refractivity contribution in [3.05, 3.63) is 48.3 Å². The number of benzene rings is 1. The van der Waals surface area contributed by atoms with Crippen molar-refractivity contribution in [1.29, 1.82) is 0 Å². The topological polar surface area (TPSA) is 49.0 Å². The third kappa shape index (κ3) is 2.40. The minimum absolute atomic E-state index is 0.0660. The Hall–Kier alpha value is -2.62. The number of Topliss-reactive ketones (excluding diaryl/α,β-unsaturated/α-hetero) is 1. The van der Waals surface area contributed by atoms with Gasteiger partial charge in [0.05, 0.1) is 0 Å². The Morgan fingerprint density at radius 1 is 1.14 bits per heavy atom. The van der Waals surface area contributed by atoms with Crippen molar-refractivity contribution >= 4 is 22.5 Å². The van der Waals surface area contributed by atoms with E-state index in [1.807, 2.05) is 55.7 Å². The molecule has 21 heavy (non-hydrogen) atoms. The van der Waals surface area contributed by atoms with Crippen molar-refractivity contribution in [2.24, 2.45) is 0 Å². The molecule has 4 heteroatoms. The molecule has 0 aliphatic carbocycles. The number of pyridine rings is 1. The second-order valence-electron chi connectivity index (χ2n) is 5.32. The number of anilines is 1. The molecule has 0 unspecified atom stereocenters. The molecule has 0 atom stereocenters. The number of nitrogens with one attached hydrogen (secondary N) is 1. The zero-order valence-corrected chi connectivity index (χ0v) is 12.3. The summed E-state index contributed by atoms with van der Waals surface area (Å²) < 4.78 is 0. The van der Waals surface area contributed by atoms with E-state index < -0.39 is 0 Å². The third-order valence-corrected chi connectivity index (χ3v) is 3.59. The van der Waals surface area contributed by atoms with Gasteiger partial charge >= 0.3 is 0 Å². The molecule has 0 radical (unpaired) electrons. The van der Waals surface area contributed by atoms with E-state index in [0.29, 0.717) is 0 Å². The Morgan fingerprint density at radius 2 is 1.95 bits per heavy atom. The fourth-order valence-electron chi connectivity index (χ4n) is 2.49. The summed E-state index contributed by atoms with van der Waals surface area (Å²) in [4.78, 5) is 21.3. The van der Waals surface area contributed by atoms with Crippen molar-refractivity contribution < 1.29 is 4.79 Å². The van der Waals surface area contributed by atoms with Gasteiger partial charge in [-0.05, 0) is 36.8 Å². The van der Waals surface area contributed by atoms with Gasteiger partial charge in [-0.15, -0.1) is 0 Å². The Labute approximate surface area is 123 Å². The van der Waals surface area contributed by atoms with Crippen LogP contribution in [-0.2, 0) is 0 Å². The molecule has 0 amide bonds. The lowest BCUT2D eigenvalue weighted by atomic mass is 10.0. The summed E-state index contributed by atoms with van der Waals surface area (Å²) in [7, 11) is 3.88. The van der Waals surface area contributed by atoms with Gasteiger partial charge < -0.3 is 9.88 Å². The van der Waals surface area contributed by atoms with Gasteiger partial charge in [-0.2, -0.15) is 0 Å². The molecule has 0 aliphatic heterocycles. The summed E-state index contributed by atoms with van der Waals surface area (Å²) in [5.74, 6) is 0.0660. The number of carbonyl (C=O) groups excluding carboxylic acids is 1. The second-order valence-corrected chi connectivity index (χ2v) is 5.32. The van der Waals surface area contributed by atoms with E-state index in [1.54, 1.807) is 6.92 Å². The molecule has 3 rings (SSSR count). The number of nitrogens with zero attached hydrogens (tertiary/aromatic N) is 2. The first-order valence-corrected chi connectivity index (χ1v) is 6.82. The highest BCUT2D eigenvalue weighted by Gasteiger charge is 2.11. The minimum Gasteiger partial charge on any atom is -0.377 e. The largest absolute Gasteiger partial charge is 0.377 e. The lowest BCUT2D eigenvalue weighted by Gasteiger charge is -2.17. The third-order valence-electron chi connectivity index (χ3n) is 3.59. The predicted octanol–water partition coefficient (Wildman–Crippen LogP) is 3.50. The van der Waals surface area contributed by atoms with E-state index in [-0.39, 0.29) is 5.78 Å². The molecule has 0 fully saturated rings. The van der Waals surface area contributed by atoms with E-state index in [0.717, 1.165) is 33.4 Å². The van der Waals surface area contributed by atoms with Crippen molar-refractivity contribution in [3.63, 3.8) is 0 Å². The summed E-state index contributed by atoms with van der Waals surface area (Å²) in [6.07, 6.45) is 3.70. The molecule has 1 N–H and O–H groups in total. The van der Waals surface area contributed by atoms with Crippen molar-refractivity contribution in [1.82, 2.24) is 9.97 Å². The first-order valence-electron chi connectivity index (χ1n) is 6.82. The van der Waals surface area contributed by atoms with Gasteiger partial charge in [-0.1, -0.05) is 6.07 Å². The molecule has 4 nitrogen and oxygen atoms in total. The van der Waals surface area contributed by atoms with Gasteiger partial charge in [0.25, 0.3) is 0 Å². The Kier molecular flexibility index (Phi) is 3.22. The molecule has 106 valence electrons. The summed E-state index contributed by atoms with van der Waals surface area (Å²) in [6, 6.07) is 10.0. The van der Waals surface area contributed by atoms with E-state index in [1.165, 1.54) is 0 Å². The maximum absolute atomic E-state index is 11.9. The highest BCUT2D eigenvalue weighted by Crippen LogP contribution is 2.28. The molecule has 0 saturated carbocycles. The molecule has 0 spiro atoms. The van der Waals surface area contributed by atoms with Crippen LogP contribution >= 0.6 is 0 Å². The zero-order chi connectivity index (χ0) is 15.0. The lowest BCUT2D eigenvalue weighted by molar-refractivity contribution is 0.101. The fourth-order valence-corrected chi connectivity index (χ4v) is 2.49. The van der Waals surface area contributed by atoms with Crippen LogP contribution in [-0.4, -0.2) is 29.8 Å². The maximum Gasteiger partial charge on any atom is 0.161 e. The summed E-state index contributed by atoms with van der Waals surface area (Å²) in [5.41, 5.74) is 4.54. The van der Waals surface area contributed by atoms with Crippen molar-refractivity contribution in [2.75, 3.05) is 19.0 Å². The van der Waals surface area contributed by atoms with Crippen LogP contribution in [0, 0.1) is 0 Å². The number of fused-ring (bicyclic) bond motifs is 1. The molecule has 2 heterocycles. The Bertz CT molecular complexity index is 818. The van der Waals surface area contributed by atoms with Crippen LogP contribution in [0.4, 0.5) is 5.69 Å². The highest BCUT2D eigenvalue weighted by atomic mass is 16.1. The van der Waals surface area contributed by atoms with Crippen LogP contribution in [0.5, 0.6) is 0 Å². The van der Waals surface area contributed by atoms with Gasteiger partial charge in [-0.3, -0.25) is 4.79 Å². The van der Waals surface area contributed by atoms with Crippen LogP contribution in [0.3, 0.4) is 0 Å². The highest BCUT2D eigenvalue weighted by molar-refractivity contribution is 6.01. The van der Waals surface area contributed by atoms with Crippen molar-refractivity contribution in [2.45, 2.75) is 6.92 Å². The Morgan fingerprint density at radius 3 is 2.67 bits per heavy atom. The van der Waals surface area contributed by atoms with Crippen LogP contribution in [0.1, 0.15) is 17.3 Å². The van der Waals surface area contributed by atoms with Gasteiger partial charge in [-0.25, -0.2) is 4.98 Å². The molecule has 1 aromatic carbocycles. The average Bonchev–Trinajstić information content (AvgIpc) is 2.93. The molecule has 0 saturated heterocycles. The maximum atomic E-state index is 11.9. The second kappa shape index (κ2) is 5.05. The SMILES string of the molecule is CC(=O)c1cc(-c2cnc3[nH]ccc3c2)ccc1N(C)C. The lowest BCUT2D eigenvalue weighted by Crippen LogP contribution is -2.13. The smallest absolute Gasteiger partial charge is 0.161 e. The first-order chi connectivity index (χ1) is 10.1. The quantitative estimate of drug-likeness (QED) is 0.746. The molecular formula is C17H17N3O. The van der Waals surface area contributed by atoms with E-state index in [4.69, 9.17) is 0 Å². The van der Waals surface area contributed by atoms with Crippen LogP contribution < -0.4 is 4.90 Å². The molecule has 0 aliphatic rings. The number of ketones is 1.